The molecule has 2 aromatic rings. The number of carbonyl (C=O) groups is 1. The summed E-state index contributed by atoms with van der Waals surface area (Å²) in [5, 5.41) is 0.520. The van der Waals surface area contributed by atoms with Crippen molar-refractivity contribution in [2.75, 3.05) is 31.1 Å². The molecule has 0 radical (unpaired) electrons. The molecule has 0 N–H and O–H groups in total. The number of aryl methyl sites for hydroxylation is 1. The average molecular weight is 321 g/mol. The molecule has 0 bridgehead atoms. The van der Waals surface area contributed by atoms with E-state index in [0.29, 0.717) is 36.3 Å². The van der Waals surface area contributed by atoms with Crippen molar-refractivity contribution in [3.05, 3.63) is 35.6 Å². The lowest BCUT2D eigenvalue weighted by Crippen LogP contribution is -2.36. The molecule has 8 heteroatoms. The lowest BCUT2D eigenvalue weighted by atomic mass is 10.3. The van der Waals surface area contributed by atoms with Gasteiger partial charge in [0.05, 0.1) is 29.9 Å². The first-order valence-electron chi connectivity index (χ1n) is 7.13. The third kappa shape index (κ3) is 3.04. The van der Waals surface area contributed by atoms with Crippen LogP contribution in [0.2, 0.25) is 5.02 Å². The molecule has 7 nitrogen and oxygen atoms in total. The summed E-state index contributed by atoms with van der Waals surface area (Å²) in [7, 11) is 1.83. The summed E-state index contributed by atoms with van der Waals surface area (Å²) in [5.41, 5.74) is 0.608. The maximum atomic E-state index is 12.5. The molecule has 1 saturated heterocycles. The van der Waals surface area contributed by atoms with E-state index in [1.165, 1.54) is 0 Å². The molecule has 0 saturated carbocycles. The van der Waals surface area contributed by atoms with Gasteiger partial charge in [-0.05, 0) is 6.42 Å². The van der Waals surface area contributed by atoms with Gasteiger partial charge in [-0.1, -0.05) is 11.6 Å². The summed E-state index contributed by atoms with van der Waals surface area (Å²) < 4.78 is 1.74. The first-order valence-corrected chi connectivity index (χ1v) is 7.51. The minimum absolute atomic E-state index is 0.0128. The van der Waals surface area contributed by atoms with Crippen LogP contribution in [0.5, 0.6) is 0 Å². The Morgan fingerprint density at radius 3 is 2.59 bits per heavy atom. The first-order chi connectivity index (χ1) is 10.6. The van der Waals surface area contributed by atoms with E-state index in [9.17, 15) is 4.79 Å². The summed E-state index contributed by atoms with van der Waals surface area (Å²) >= 11 is 5.81. The van der Waals surface area contributed by atoms with Crippen LogP contribution in [0.1, 0.15) is 16.9 Å². The zero-order valence-corrected chi connectivity index (χ0v) is 13.1. The second-order valence-electron chi connectivity index (χ2n) is 5.22. The second-order valence-corrected chi connectivity index (χ2v) is 5.66. The minimum Gasteiger partial charge on any atom is -0.339 e. The number of hydrogen-bond donors (Lipinski definition) is 0. The molecule has 1 amide bonds. The first kappa shape index (κ1) is 14.8. The van der Waals surface area contributed by atoms with Gasteiger partial charge in [0.15, 0.2) is 0 Å². The lowest BCUT2D eigenvalue weighted by Gasteiger charge is -2.22. The van der Waals surface area contributed by atoms with Gasteiger partial charge >= 0.3 is 0 Å². The molecule has 116 valence electrons. The molecule has 0 spiro atoms. The van der Waals surface area contributed by atoms with Crippen molar-refractivity contribution < 1.29 is 4.79 Å². The van der Waals surface area contributed by atoms with E-state index in [1.807, 2.05) is 11.9 Å². The van der Waals surface area contributed by atoms with Gasteiger partial charge in [-0.25, -0.2) is 15.0 Å². The van der Waals surface area contributed by atoms with E-state index in [4.69, 9.17) is 11.6 Å². The predicted octanol–water partition coefficient (Wildman–Crippen LogP) is 1.22. The van der Waals surface area contributed by atoms with E-state index in [0.717, 1.165) is 13.0 Å². The van der Waals surface area contributed by atoms with E-state index in [-0.39, 0.29) is 5.91 Å². The molecule has 0 atom stereocenters. The molecule has 0 aromatic carbocycles. The van der Waals surface area contributed by atoms with Gasteiger partial charge in [0.2, 0.25) is 5.95 Å². The highest BCUT2D eigenvalue weighted by atomic mass is 35.5. The molecular weight excluding hydrogens is 304 g/mol. The largest absolute Gasteiger partial charge is 0.339 e. The van der Waals surface area contributed by atoms with Crippen LogP contribution >= 0.6 is 11.6 Å². The number of amides is 1. The van der Waals surface area contributed by atoms with Crippen LogP contribution in [-0.4, -0.2) is 56.5 Å². The molecule has 1 aliphatic rings. The van der Waals surface area contributed by atoms with E-state index in [2.05, 4.69) is 19.9 Å². The number of imidazole rings is 1. The molecule has 0 aliphatic carbocycles. The van der Waals surface area contributed by atoms with Crippen LogP contribution in [0.15, 0.2) is 24.9 Å². The van der Waals surface area contributed by atoms with Gasteiger partial charge in [-0.3, -0.25) is 4.79 Å². The van der Waals surface area contributed by atoms with Crippen LogP contribution in [0.25, 0.3) is 0 Å². The van der Waals surface area contributed by atoms with Crippen LogP contribution in [0.3, 0.4) is 0 Å². The Labute approximate surface area is 133 Å². The van der Waals surface area contributed by atoms with Gasteiger partial charge < -0.3 is 14.4 Å². The van der Waals surface area contributed by atoms with Crippen molar-refractivity contribution in [1.29, 1.82) is 0 Å². The van der Waals surface area contributed by atoms with Gasteiger partial charge in [0.1, 0.15) is 5.69 Å². The number of anilines is 1. The average Bonchev–Trinajstić information content (AvgIpc) is 2.80. The Balaban J connectivity index is 1.68. The highest BCUT2D eigenvalue weighted by molar-refractivity contribution is 6.30. The maximum absolute atomic E-state index is 12.5. The van der Waals surface area contributed by atoms with Crippen molar-refractivity contribution in [3.63, 3.8) is 0 Å². The SMILES string of the molecule is Cn1cncc1C(=O)N1CCCN(c2ncc(Cl)cn2)CC1. The molecule has 0 unspecified atom stereocenters. The van der Waals surface area contributed by atoms with Crippen molar-refractivity contribution >= 4 is 23.5 Å². The van der Waals surface area contributed by atoms with Crippen LogP contribution in [0.4, 0.5) is 5.95 Å². The Morgan fingerprint density at radius 1 is 1.14 bits per heavy atom. The van der Waals surface area contributed by atoms with Gasteiger partial charge in [0.25, 0.3) is 5.91 Å². The Hall–Kier alpha value is -2.15. The lowest BCUT2D eigenvalue weighted by molar-refractivity contribution is 0.0757. The Kier molecular flexibility index (Phi) is 4.24. The Bertz CT molecular complexity index is 656. The molecule has 3 heterocycles. The molecule has 3 rings (SSSR count). The number of aromatic nitrogens is 4. The highest BCUT2D eigenvalue weighted by Gasteiger charge is 2.23. The number of carbonyl (C=O) groups excluding carboxylic acids is 1. The highest BCUT2D eigenvalue weighted by Crippen LogP contribution is 2.14. The zero-order valence-electron chi connectivity index (χ0n) is 12.3. The summed E-state index contributed by atoms with van der Waals surface area (Å²) in [6.07, 6.45) is 7.29. The normalized spacial score (nSPS) is 15.7. The molecular formula is C14H17ClN6O. The van der Waals surface area contributed by atoms with Crippen molar-refractivity contribution in [3.8, 4) is 0 Å². The Morgan fingerprint density at radius 2 is 1.91 bits per heavy atom. The summed E-state index contributed by atoms with van der Waals surface area (Å²) in [5.74, 6) is 0.665. The van der Waals surface area contributed by atoms with Gasteiger partial charge in [0, 0.05) is 33.2 Å². The topological polar surface area (TPSA) is 67.2 Å². The monoisotopic (exact) mass is 320 g/mol. The zero-order chi connectivity index (χ0) is 15.5. The standard InChI is InChI=1S/C14H17ClN6O/c1-19-10-16-9-12(19)13(22)20-3-2-4-21(6-5-20)14-17-7-11(15)8-18-14/h7-10H,2-6H2,1H3. The number of nitrogens with zero attached hydrogens (tertiary/aromatic N) is 6. The van der Waals surface area contributed by atoms with Gasteiger partial charge in [-0.2, -0.15) is 0 Å². The third-order valence-corrected chi connectivity index (χ3v) is 3.90. The summed E-state index contributed by atoms with van der Waals surface area (Å²) in [6, 6.07) is 0. The molecule has 1 aliphatic heterocycles. The van der Waals surface area contributed by atoms with E-state index >= 15 is 0 Å². The predicted molar refractivity (Wildman–Crippen MR) is 83.0 cm³/mol. The van der Waals surface area contributed by atoms with Crippen LogP contribution < -0.4 is 4.90 Å². The number of rotatable bonds is 2. The number of halogens is 1. The van der Waals surface area contributed by atoms with Crippen molar-refractivity contribution in [2.45, 2.75) is 6.42 Å². The van der Waals surface area contributed by atoms with E-state index in [1.54, 1.807) is 29.5 Å². The molecule has 22 heavy (non-hydrogen) atoms. The molecule has 1 fully saturated rings. The second kappa shape index (κ2) is 6.31. The fourth-order valence-electron chi connectivity index (χ4n) is 2.51. The minimum atomic E-state index is 0.0128. The fourth-order valence-corrected chi connectivity index (χ4v) is 2.61. The summed E-state index contributed by atoms with van der Waals surface area (Å²) in [6.45, 7) is 2.87. The quantitative estimate of drug-likeness (QED) is 0.832. The van der Waals surface area contributed by atoms with E-state index < -0.39 is 0 Å². The molecule has 2 aromatic heterocycles. The fraction of sp³-hybridized carbons (Fsp3) is 0.429. The van der Waals surface area contributed by atoms with Gasteiger partial charge in [-0.15, -0.1) is 0 Å². The summed E-state index contributed by atoms with van der Waals surface area (Å²) in [4.78, 5) is 28.9. The third-order valence-electron chi connectivity index (χ3n) is 3.71. The van der Waals surface area contributed by atoms with Crippen molar-refractivity contribution in [1.82, 2.24) is 24.4 Å². The van der Waals surface area contributed by atoms with Crippen LogP contribution in [-0.2, 0) is 7.05 Å². The number of hydrogen-bond acceptors (Lipinski definition) is 5. The maximum Gasteiger partial charge on any atom is 0.272 e. The van der Waals surface area contributed by atoms with Crippen molar-refractivity contribution in [2.24, 2.45) is 7.05 Å². The van der Waals surface area contributed by atoms with Crippen LogP contribution in [0, 0.1) is 0 Å². The smallest absolute Gasteiger partial charge is 0.272 e.